The van der Waals surface area contributed by atoms with Crippen LogP contribution in [0.5, 0.6) is 0 Å². The molecule has 1 aromatic rings. The van der Waals surface area contributed by atoms with E-state index in [0.29, 0.717) is 6.04 Å². The highest BCUT2D eigenvalue weighted by atomic mass is 32.1. The summed E-state index contributed by atoms with van der Waals surface area (Å²) in [7, 11) is 0. The standard InChI is InChI=1S/C15H26N2S/c1-11(12-7-5-6-8-12)16-9-13-10-18-14(17-13)15(2,3)4/h10-12,16H,5-9H2,1-4H3/t11-/m1/s1. The van der Waals surface area contributed by atoms with Crippen LogP contribution in [0.1, 0.15) is 64.1 Å². The average Bonchev–Trinajstić information content (AvgIpc) is 2.96. The zero-order chi connectivity index (χ0) is 13.2. The molecule has 0 aliphatic heterocycles. The monoisotopic (exact) mass is 266 g/mol. The van der Waals surface area contributed by atoms with Crippen molar-refractivity contribution in [1.29, 1.82) is 0 Å². The Morgan fingerprint density at radius 2 is 2.06 bits per heavy atom. The largest absolute Gasteiger partial charge is 0.308 e. The van der Waals surface area contributed by atoms with Crippen molar-refractivity contribution >= 4 is 11.3 Å². The minimum Gasteiger partial charge on any atom is -0.308 e. The van der Waals surface area contributed by atoms with Gasteiger partial charge in [-0.05, 0) is 25.7 Å². The molecule has 0 aromatic carbocycles. The molecular formula is C15H26N2S. The Morgan fingerprint density at radius 1 is 1.39 bits per heavy atom. The fourth-order valence-electron chi connectivity index (χ4n) is 2.62. The first kappa shape index (κ1) is 14.0. The molecule has 0 amide bonds. The quantitative estimate of drug-likeness (QED) is 0.887. The molecule has 0 spiro atoms. The SMILES string of the molecule is C[C@@H](NCc1csc(C(C)(C)C)n1)C1CCCC1. The van der Waals surface area contributed by atoms with E-state index in [2.05, 4.69) is 38.4 Å². The Bertz CT molecular complexity index is 372. The van der Waals surface area contributed by atoms with E-state index >= 15 is 0 Å². The number of hydrogen-bond donors (Lipinski definition) is 1. The first-order valence-electron chi connectivity index (χ1n) is 7.15. The van der Waals surface area contributed by atoms with Crippen LogP contribution in [0, 0.1) is 5.92 Å². The molecule has 0 radical (unpaired) electrons. The van der Waals surface area contributed by atoms with Gasteiger partial charge in [0.2, 0.25) is 0 Å². The third-order valence-corrected chi connectivity index (χ3v) is 5.22. The third kappa shape index (κ3) is 3.55. The maximum Gasteiger partial charge on any atom is 0.0982 e. The Balaban J connectivity index is 1.84. The smallest absolute Gasteiger partial charge is 0.0982 e. The van der Waals surface area contributed by atoms with Gasteiger partial charge < -0.3 is 5.32 Å². The summed E-state index contributed by atoms with van der Waals surface area (Å²) in [5.41, 5.74) is 1.38. The van der Waals surface area contributed by atoms with Gasteiger partial charge in [-0.25, -0.2) is 4.98 Å². The van der Waals surface area contributed by atoms with Gasteiger partial charge >= 0.3 is 0 Å². The first-order chi connectivity index (χ1) is 8.47. The number of aromatic nitrogens is 1. The van der Waals surface area contributed by atoms with Crippen molar-refractivity contribution in [3.05, 3.63) is 16.1 Å². The highest BCUT2D eigenvalue weighted by Crippen LogP contribution is 2.28. The summed E-state index contributed by atoms with van der Waals surface area (Å²) in [6.45, 7) is 9.93. The summed E-state index contributed by atoms with van der Waals surface area (Å²) < 4.78 is 0. The van der Waals surface area contributed by atoms with Crippen LogP contribution in [0.3, 0.4) is 0 Å². The molecule has 102 valence electrons. The zero-order valence-electron chi connectivity index (χ0n) is 12.1. The number of hydrogen-bond acceptors (Lipinski definition) is 3. The van der Waals surface area contributed by atoms with E-state index in [1.807, 2.05) is 0 Å². The second-order valence-electron chi connectivity index (χ2n) is 6.61. The Morgan fingerprint density at radius 3 is 2.61 bits per heavy atom. The van der Waals surface area contributed by atoms with Crippen molar-refractivity contribution < 1.29 is 0 Å². The molecule has 0 saturated heterocycles. The topological polar surface area (TPSA) is 24.9 Å². The average molecular weight is 266 g/mol. The van der Waals surface area contributed by atoms with Gasteiger partial charge in [-0.3, -0.25) is 0 Å². The summed E-state index contributed by atoms with van der Waals surface area (Å²) in [6.07, 6.45) is 5.64. The molecule has 2 rings (SSSR count). The molecule has 18 heavy (non-hydrogen) atoms. The van der Waals surface area contributed by atoms with Gasteiger partial charge in [0.05, 0.1) is 10.7 Å². The van der Waals surface area contributed by atoms with Crippen LogP contribution in [-0.2, 0) is 12.0 Å². The fraction of sp³-hybridized carbons (Fsp3) is 0.800. The number of nitrogens with zero attached hydrogens (tertiary/aromatic N) is 1. The molecular weight excluding hydrogens is 240 g/mol. The van der Waals surface area contributed by atoms with Crippen molar-refractivity contribution in [2.24, 2.45) is 5.92 Å². The van der Waals surface area contributed by atoms with Gasteiger partial charge in [0, 0.05) is 23.4 Å². The minimum atomic E-state index is 0.181. The van der Waals surface area contributed by atoms with Crippen molar-refractivity contribution in [2.75, 3.05) is 0 Å². The summed E-state index contributed by atoms with van der Waals surface area (Å²) in [5.74, 6) is 0.880. The van der Waals surface area contributed by atoms with E-state index in [4.69, 9.17) is 4.98 Å². The second-order valence-corrected chi connectivity index (χ2v) is 7.47. The predicted molar refractivity (Wildman–Crippen MR) is 79.1 cm³/mol. The first-order valence-corrected chi connectivity index (χ1v) is 8.03. The predicted octanol–water partition coefficient (Wildman–Crippen LogP) is 4.11. The third-order valence-electron chi connectivity index (χ3n) is 3.91. The van der Waals surface area contributed by atoms with Crippen LogP contribution in [0.15, 0.2) is 5.38 Å². The molecule has 1 fully saturated rings. The van der Waals surface area contributed by atoms with E-state index in [1.165, 1.54) is 36.4 Å². The van der Waals surface area contributed by atoms with Crippen LogP contribution < -0.4 is 5.32 Å². The Labute approximate surface area is 115 Å². The summed E-state index contributed by atoms with van der Waals surface area (Å²) in [5, 5.41) is 7.10. The van der Waals surface area contributed by atoms with Crippen molar-refractivity contribution in [3.8, 4) is 0 Å². The molecule has 2 nitrogen and oxygen atoms in total. The summed E-state index contributed by atoms with van der Waals surface area (Å²) in [6, 6.07) is 0.632. The van der Waals surface area contributed by atoms with E-state index in [0.717, 1.165) is 12.5 Å². The number of nitrogens with one attached hydrogen (secondary N) is 1. The lowest BCUT2D eigenvalue weighted by Crippen LogP contribution is -2.31. The normalized spacial score (nSPS) is 19.3. The van der Waals surface area contributed by atoms with E-state index in [9.17, 15) is 0 Å². The number of rotatable bonds is 4. The molecule has 1 atom stereocenters. The minimum absolute atomic E-state index is 0.181. The van der Waals surface area contributed by atoms with Crippen LogP contribution in [0.2, 0.25) is 0 Å². The Kier molecular flexibility index (Phi) is 4.44. The highest BCUT2D eigenvalue weighted by Gasteiger charge is 2.22. The van der Waals surface area contributed by atoms with Crippen LogP contribution in [0.4, 0.5) is 0 Å². The lowest BCUT2D eigenvalue weighted by atomic mass is 9.98. The maximum atomic E-state index is 4.74. The van der Waals surface area contributed by atoms with Gasteiger partial charge in [-0.2, -0.15) is 0 Å². The fourth-order valence-corrected chi connectivity index (χ4v) is 3.53. The molecule has 0 unspecified atom stereocenters. The lowest BCUT2D eigenvalue weighted by Gasteiger charge is -2.19. The van der Waals surface area contributed by atoms with Crippen molar-refractivity contribution in [3.63, 3.8) is 0 Å². The lowest BCUT2D eigenvalue weighted by molar-refractivity contribution is 0.379. The van der Waals surface area contributed by atoms with Gasteiger partial charge in [-0.15, -0.1) is 11.3 Å². The van der Waals surface area contributed by atoms with Gasteiger partial charge in [-0.1, -0.05) is 33.6 Å². The summed E-state index contributed by atoms with van der Waals surface area (Å²) in [4.78, 5) is 4.74. The van der Waals surface area contributed by atoms with Gasteiger partial charge in [0.25, 0.3) is 0 Å². The molecule has 3 heteroatoms. The summed E-state index contributed by atoms with van der Waals surface area (Å²) >= 11 is 1.79. The molecule has 1 aliphatic rings. The van der Waals surface area contributed by atoms with E-state index in [-0.39, 0.29) is 5.41 Å². The maximum absolute atomic E-state index is 4.74. The molecule has 1 aliphatic carbocycles. The van der Waals surface area contributed by atoms with Crippen LogP contribution in [-0.4, -0.2) is 11.0 Å². The van der Waals surface area contributed by atoms with Crippen molar-refractivity contribution in [1.82, 2.24) is 10.3 Å². The zero-order valence-corrected chi connectivity index (χ0v) is 12.9. The van der Waals surface area contributed by atoms with Gasteiger partial charge in [0.1, 0.15) is 0 Å². The van der Waals surface area contributed by atoms with Crippen LogP contribution in [0.25, 0.3) is 0 Å². The Hall–Kier alpha value is -0.410. The molecule has 1 aromatic heterocycles. The molecule has 1 heterocycles. The van der Waals surface area contributed by atoms with Crippen molar-refractivity contribution in [2.45, 2.75) is 71.4 Å². The second kappa shape index (κ2) is 5.70. The highest BCUT2D eigenvalue weighted by molar-refractivity contribution is 7.09. The number of thiazole rings is 1. The molecule has 1 N–H and O–H groups in total. The molecule has 0 bridgehead atoms. The van der Waals surface area contributed by atoms with E-state index in [1.54, 1.807) is 11.3 Å². The molecule has 1 saturated carbocycles. The van der Waals surface area contributed by atoms with E-state index < -0.39 is 0 Å². The van der Waals surface area contributed by atoms with Gasteiger partial charge in [0.15, 0.2) is 0 Å². The van der Waals surface area contributed by atoms with Crippen LogP contribution >= 0.6 is 11.3 Å².